The van der Waals surface area contributed by atoms with Gasteiger partial charge in [-0.15, -0.1) is 11.3 Å². The van der Waals surface area contributed by atoms with Gasteiger partial charge in [-0.3, -0.25) is 0 Å². The van der Waals surface area contributed by atoms with E-state index in [1.807, 2.05) is 72.0 Å². The van der Waals surface area contributed by atoms with E-state index in [1.54, 1.807) is 0 Å². The van der Waals surface area contributed by atoms with Gasteiger partial charge in [-0.25, -0.2) is 15.0 Å². The molecule has 9 aromatic rings. The predicted molar refractivity (Wildman–Crippen MR) is 196 cm³/mol. The first kappa shape index (κ1) is 26.3. The molecule has 0 fully saturated rings. The first-order chi connectivity index (χ1) is 23.3. The highest BCUT2D eigenvalue weighted by Gasteiger charge is 2.24. The lowest BCUT2D eigenvalue weighted by Crippen LogP contribution is -2.00. The van der Waals surface area contributed by atoms with Crippen LogP contribution >= 0.6 is 11.3 Å². The number of benzene rings is 7. The van der Waals surface area contributed by atoms with E-state index in [0.29, 0.717) is 17.5 Å². The molecule has 0 N–H and O–H groups in total. The molecule has 3 nitrogen and oxygen atoms in total. The molecule has 0 bridgehead atoms. The highest BCUT2D eigenvalue weighted by atomic mass is 32.1. The van der Waals surface area contributed by atoms with Gasteiger partial charge in [0.25, 0.3) is 0 Å². The third-order valence-corrected chi connectivity index (χ3v) is 10.5. The number of rotatable bonds is 4. The van der Waals surface area contributed by atoms with E-state index in [4.69, 9.17) is 15.0 Å². The first-order valence-electron chi connectivity index (χ1n) is 15.8. The topological polar surface area (TPSA) is 38.7 Å². The van der Waals surface area contributed by atoms with Crippen LogP contribution in [0.25, 0.3) is 98.5 Å². The van der Waals surface area contributed by atoms with Gasteiger partial charge in [0.15, 0.2) is 17.5 Å². The average molecular weight is 616 g/mol. The Morgan fingerprint density at radius 2 is 0.787 bits per heavy atom. The highest BCUT2D eigenvalue weighted by Crippen LogP contribution is 2.52. The summed E-state index contributed by atoms with van der Waals surface area (Å²) in [6.45, 7) is 0. The second kappa shape index (κ2) is 10.3. The van der Waals surface area contributed by atoms with Gasteiger partial charge in [0.1, 0.15) is 0 Å². The molecule has 2 heterocycles. The van der Waals surface area contributed by atoms with Crippen LogP contribution in [0.2, 0.25) is 0 Å². The van der Waals surface area contributed by atoms with Crippen LogP contribution < -0.4 is 0 Å². The van der Waals surface area contributed by atoms with Crippen molar-refractivity contribution in [1.29, 1.82) is 0 Å². The Bertz CT molecular complexity index is 2600. The van der Waals surface area contributed by atoms with Gasteiger partial charge < -0.3 is 0 Å². The molecule has 0 saturated heterocycles. The Balaban J connectivity index is 1.14. The molecule has 0 atom stereocenters. The molecule has 0 aliphatic heterocycles. The molecule has 218 valence electrons. The van der Waals surface area contributed by atoms with Crippen LogP contribution in [0, 0.1) is 0 Å². The number of thiophene rings is 1. The molecular formula is C43H25N3S. The summed E-state index contributed by atoms with van der Waals surface area (Å²) in [5.74, 6) is 1.99. The monoisotopic (exact) mass is 615 g/mol. The van der Waals surface area contributed by atoms with Crippen molar-refractivity contribution in [3.63, 3.8) is 0 Å². The van der Waals surface area contributed by atoms with Crippen LogP contribution in [0.1, 0.15) is 0 Å². The zero-order chi connectivity index (χ0) is 30.9. The third-order valence-electron chi connectivity index (χ3n) is 9.28. The number of hydrogen-bond acceptors (Lipinski definition) is 4. The fraction of sp³-hybridized carbons (Fsp3) is 0. The lowest BCUT2D eigenvalue weighted by Gasteiger charge is -2.12. The zero-order valence-electron chi connectivity index (χ0n) is 25.2. The van der Waals surface area contributed by atoms with Crippen LogP contribution in [-0.2, 0) is 0 Å². The van der Waals surface area contributed by atoms with E-state index in [9.17, 15) is 0 Å². The van der Waals surface area contributed by atoms with E-state index in [0.717, 1.165) is 16.7 Å². The van der Waals surface area contributed by atoms with Crippen LogP contribution in [-0.4, -0.2) is 15.0 Å². The first-order valence-corrected chi connectivity index (χ1v) is 16.6. The van der Waals surface area contributed by atoms with Gasteiger partial charge in [0.2, 0.25) is 0 Å². The average Bonchev–Trinajstić information content (AvgIpc) is 3.49. The van der Waals surface area contributed by atoms with Crippen molar-refractivity contribution in [2.24, 2.45) is 0 Å². The van der Waals surface area contributed by atoms with E-state index in [1.165, 1.54) is 64.3 Å². The minimum absolute atomic E-state index is 0.660. The zero-order valence-corrected chi connectivity index (χ0v) is 26.0. The minimum atomic E-state index is 0.660. The molecule has 0 spiro atoms. The second-order valence-corrected chi connectivity index (χ2v) is 13.0. The Hall–Kier alpha value is -5.97. The van der Waals surface area contributed by atoms with Crippen molar-refractivity contribution in [2.75, 3.05) is 0 Å². The summed E-state index contributed by atoms with van der Waals surface area (Å²) in [5, 5.41) is 5.33. The SMILES string of the molecule is c1ccc(-c2nc(-c3ccccc3)nc(-c3ccc(-c4ccc5c6c4sc4cccc(c46)-c4cccc6cccc-5c46)cc3)n2)cc1. The van der Waals surface area contributed by atoms with Crippen molar-refractivity contribution < 1.29 is 0 Å². The fourth-order valence-electron chi connectivity index (χ4n) is 7.12. The predicted octanol–water partition coefficient (Wildman–Crippen LogP) is 11.7. The summed E-state index contributed by atoms with van der Waals surface area (Å²) < 4.78 is 2.64. The molecule has 0 radical (unpaired) electrons. The molecule has 4 heteroatoms. The molecule has 10 rings (SSSR count). The van der Waals surface area contributed by atoms with Gasteiger partial charge >= 0.3 is 0 Å². The van der Waals surface area contributed by atoms with E-state index in [2.05, 4.69) is 91.0 Å². The summed E-state index contributed by atoms with van der Waals surface area (Å²) in [6, 6.07) is 53.7. The Labute approximate surface area is 275 Å². The largest absolute Gasteiger partial charge is 0.208 e. The van der Waals surface area contributed by atoms with Crippen molar-refractivity contribution in [2.45, 2.75) is 0 Å². The summed E-state index contributed by atoms with van der Waals surface area (Å²) in [6.07, 6.45) is 0. The highest BCUT2D eigenvalue weighted by molar-refractivity contribution is 7.26. The van der Waals surface area contributed by atoms with Crippen molar-refractivity contribution >= 4 is 42.3 Å². The molecule has 47 heavy (non-hydrogen) atoms. The smallest absolute Gasteiger partial charge is 0.164 e. The molecule has 7 aromatic carbocycles. The summed E-state index contributed by atoms with van der Waals surface area (Å²) in [5.41, 5.74) is 10.5. The standard InChI is InChI=1S/C43H25N3S/c1-3-10-28(11-4-1)41-44-42(29-12-5-2-6-13-29)46-43(45-41)30-22-20-26(21-23-30)31-24-25-35-33-17-8-15-27-14-7-16-32(37(27)33)34-18-9-19-36-38(34)39(35)40(31)47-36/h1-25H. The summed E-state index contributed by atoms with van der Waals surface area (Å²) in [7, 11) is 0. The second-order valence-electron chi connectivity index (χ2n) is 12.0. The molecule has 0 amide bonds. The van der Waals surface area contributed by atoms with Crippen molar-refractivity contribution in [1.82, 2.24) is 15.0 Å². The van der Waals surface area contributed by atoms with Gasteiger partial charge in [-0.1, -0.05) is 146 Å². The quantitative estimate of drug-likeness (QED) is 0.198. The Kier molecular flexibility index (Phi) is 5.74. The number of nitrogens with zero attached hydrogens (tertiary/aromatic N) is 3. The maximum atomic E-state index is 4.94. The fourth-order valence-corrected chi connectivity index (χ4v) is 8.41. The molecule has 1 aliphatic rings. The summed E-state index contributed by atoms with van der Waals surface area (Å²) >= 11 is 1.89. The minimum Gasteiger partial charge on any atom is -0.208 e. The van der Waals surface area contributed by atoms with E-state index < -0.39 is 0 Å². The van der Waals surface area contributed by atoms with Crippen molar-refractivity contribution in [3.05, 3.63) is 152 Å². The number of fused-ring (bicyclic) bond motifs is 2. The van der Waals surface area contributed by atoms with Crippen LogP contribution in [0.4, 0.5) is 0 Å². The van der Waals surface area contributed by atoms with Crippen LogP contribution in [0.15, 0.2) is 152 Å². The Morgan fingerprint density at radius 3 is 1.38 bits per heavy atom. The number of aromatic nitrogens is 3. The lowest BCUT2D eigenvalue weighted by atomic mass is 9.93. The van der Waals surface area contributed by atoms with E-state index >= 15 is 0 Å². The summed E-state index contributed by atoms with van der Waals surface area (Å²) in [4.78, 5) is 14.7. The van der Waals surface area contributed by atoms with Crippen LogP contribution in [0.3, 0.4) is 0 Å². The molecular weight excluding hydrogens is 591 g/mol. The molecule has 1 aliphatic carbocycles. The Morgan fingerprint density at radius 1 is 0.319 bits per heavy atom. The van der Waals surface area contributed by atoms with E-state index in [-0.39, 0.29) is 0 Å². The normalized spacial score (nSPS) is 11.8. The van der Waals surface area contributed by atoms with Crippen molar-refractivity contribution in [3.8, 4) is 67.5 Å². The third kappa shape index (κ3) is 4.09. The maximum absolute atomic E-state index is 4.94. The van der Waals surface area contributed by atoms with Crippen LogP contribution in [0.5, 0.6) is 0 Å². The molecule has 0 unspecified atom stereocenters. The lowest BCUT2D eigenvalue weighted by molar-refractivity contribution is 1.07. The molecule has 2 aromatic heterocycles. The maximum Gasteiger partial charge on any atom is 0.164 e. The van der Waals surface area contributed by atoms with Gasteiger partial charge in [0.05, 0.1) is 0 Å². The van der Waals surface area contributed by atoms with Gasteiger partial charge in [-0.05, 0) is 50.2 Å². The van der Waals surface area contributed by atoms with Gasteiger partial charge in [0, 0.05) is 36.9 Å². The van der Waals surface area contributed by atoms with Gasteiger partial charge in [-0.2, -0.15) is 0 Å². The molecule has 0 saturated carbocycles. The number of hydrogen-bond donors (Lipinski definition) is 0.